The summed E-state index contributed by atoms with van der Waals surface area (Å²) < 4.78 is 12.7. The number of esters is 2. The van der Waals surface area contributed by atoms with Gasteiger partial charge in [-0.25, -0.2) is 0 Å². The molecule has 0 aromatic rings. The molecule has 3 nitrogen and oxygen atoms in total. The molecule has 0 unspecified atom stereocenters. The Bertz CT molecular complexity index is 362. The highest BCUT2D eigenvalue weighted by Crippen LogP contribution is 2.48. The molecule has 4 aliphatic rings. The van der Waals surface area contributed by atoms with E-state index in [9.17, 15) is 9.59 Å². The molecule has 2 bridgehead atoms. The highest BCUT2D eigenvalue weighted by molar-refractivity contribution is 5.97. The zero-order valence-electron chi connectivity index (χ0n) is 8.03. The highest BCUT2D eigenvalue weighted by Gasteiger charge is 2.54. The molecule has 1 saturated heterocycles. The lowest BCUT2D eigenvalue weighted by Crippen LogP contribution is -2.38. The van der Waals surface area contributed by atoms with Crippen molar-refractivity contribution in [1.29, 1.82) is 0 Å². The van der Waals surface area contributed by atoms with Gasteiger partial charge >= 0.3 is 11.9 Å². The average molecular weight is 179 g/mol. The first kappa shape index (κ1) is 6.35. The van der Waals surface area contributed by atoms with Crippen LogP contribution in [0.15, 0.2) is 12.2 Å². The van der Waals surface area contributed by atoms with Crippen LogP contribution in [0.1, 0.15) is 14.2 Å². The van der Waals surface area contributed by atoms with Crippen LogP contribution >= 0.6 is 0 Å². The Labute approximate surface area is 77.2 Å². The topological polar surface area (TPSA) is 43.4 Å². The van der Waals surface area contributed by atoms with Gasteiger partial charge in [0.2, 0.25) is 0 Å². The molecule has 0 spiro atoms. The molecule has 0 radical (unpaired) electrons. The summed E-state index contributed by atoms with van der Waals surface area (Å²) in [5.74, 6) is -2.61. The van der Waals surface area contributed by atoms with Gasteiger partial charge < -0.3 is 4.74 Å². The highest BCUT2D eigenvalue weighted by atomic mass is 16.6. The van der Waals surface area contributed by atoms with Gasteiger partial charge in [-0.3, -0.25) is 9.59 Å². The van der Waals surface area contributed by atoms with Crippen LogP contribution in [0.4, 0.5) is 0 Å². The summed E-state index contributed by atoms with van der Waals surface area (Å²) in [6, 6.07) is 0. The monoisotopic (exact) mass is 179 g/mol. The van der Waals surface area contributed by atoms with Crippen LogP contribution < -0.4 is 0 Å². The van der Waals surface area contributed by atoms with E-state index in [1.165, 1.54) is 0 Å². The maximum atomic E-state index is 11.4. The van der Waals surface area contributed by atoms with Crippen molar-refractivity contribution in [3.63, 3.8) is 0 Å². The predicted molar refractivity (Wildman–Crippen MR) is 43.4 cm³/mol. The van der Waals surface area contributed by atoms with Crippen LogP contribution in [-0.4, -0.2) is 11.9 Å². The average Bonchev–Trinajstić information content (AvgIpc) is 2.45. The largest absolute Gasteiger partial charge is 0.393 e. The summed E-state index contributed by atoms with van der Waals surface area (Å²) >= 11 is 0. The number of carbonyl (C=O) groups excluding carboxylic acids is 2. The van der Waals surface area contributed by atoms with Gasteiger partial charge in [0.15, 0.2) is 0 Å². The van der Waals surface area contributed by atoms with E-state index in [-0.39, 0.29) is 11.8 Å². The quantitative estimate of drug-likeness (QED) is 0.315. The molecule has 1 saturated carbocycles. The summed E-state index contributed by atoms with van der Waals surface area (Å²) in [6.45, 7) is 0. The maximum absolute atomic E-state index is 11.4. The van der Waals surface area contributed by atoms with Gasteiger partial charge in [0.1, 0.15) is 0 Å². The van der Waals surface area contributed by atoms with Crippen LogP contribution in [0.25, 0.3) is 0 Å². The Morgan fingerprint density at radius 1 is 1.23 bits per heavy atom. The van der Waals surface area contributed by atoms with E-state index in [4.69, 9.17) is 1.37 Å². The number of allylic oxidation sites excluding steroid dienone is 2. The molecule has 3 heteroatoms. The molecule has 0 amide bonds. The van der Waals surface area contributed by atoms with E-state index in [1.807, 2.05) is 6.08 Å². The van der Waals surface area contributed by atoms with E-state index >= 15 is 0 Å². The van der Waals surface area contributed by atoms with Crippen molar-refractivity contribution in [2.24, 2.45) is 23.6 Å². The fraction of sp³-hybridized carbons (Fsp3) is 0.600. The molecule has 1 aliphatic heterocycles. The molecular formula is C10H10O3. The Morgan fingerprint density at radius 2 is 2.00 bits per heavy atom. The Morgan fingerprint density at radius 3 is 2.62 bits per heavy atom. The molecule has 0 aromatic carbocycles. The van der Waals surface area contributed by atoms with Crippen molar-refractivity contribution in [2.45, 2.75) is 12.8 Å². The summed E-state index contributed by atoms with van der Waals surface area (Å²) in [4.78, 5) is 22.8. The molecule has 0 aromatic heterocycles. The minimum absolute atomic E-state index is 0.117. The number of hydrogen-bond donors (Lipinski definition) is 0. The van der Waals surface area contributed by atoms with Gasteiger partial charge in [0.25, 0.3) is 0 Å². The molecule has 3 aliphatic carbocycles. The van der Waals surface area contributed by atoms with Crippen LogP contribution in [0.3, 0.4) is 0 Å². The van der Waals surface area contributed by atoms with E-state index in [0.717, 1.165) is 6.42 Å². The lowest BCUT2D eigenvalue weighted by molar-refractivity contribution is -0.154. The van der Waals surface area contributed by atoms with Crippen molar-refractivity contribution < 1.29 is 15.7 Å². The number of cyclic esters (lactones) is 2. The first-order valence-electron chi connectivity index (χ1n) is 5.07. The van der Waals surface area contributed by atoms with Gasteiger partial charge in [-0.15, -0.1) is 0 Å². The molecular weight excluding hydrogens is 168 g/mol. The van der Waals surface area contributed by atoms with Gasteiger partial charge in [-0.05, 0) is 24.7 Å². The summed E-state index contributed by atoms with van der Waals surface area (Å²) in [7, 11) is 0. The van der Waals surface area contributed by atoms with Crippen molar-refractivity contribution in [3.05, 3.63) is 12.2 Å². The Balaban J connectivity index is 2.13. The first-order chi connectivity index (χ1) is 6.62. The number of rotatable bonds is 0. The Hall–Kier alpha value is -1.12. The third kappa shape index (κ3) is 0.794. The van der Waals surface area contributed by atoms with E-state index in [1.54, 1.807) is 6.08 Å². The third-order valence-corrected chi connectivity index (χ3v) is 3.27. The molecule has 1 heterocycles. The second-order valence-corrected chi connectivity index (χ2v) is 3.88. The SMILES string of the molecule is [2H][C@]12C=C[C@H](CC1)[C@H]1C(=O)OC(=O)[C@H]12. The zero-order chi connectivity index (χ0) is 9.92. The van der Waals surface area contributed by atoms with Gasteiger partial charge in [0.05, 0.1) is 11.8 Å². The van der Waals surface area contributed by atoms with Gasteiger partial charge in [-0.2, -0.15) is 0 Å². The van der Waals surface area contributed by atoms with Crippen molar-refractivity contribution >= 4 is 11.9 Å². The lowest BCUT2D eigenvalue weighted by Gasteiger charge is -2.37. The van der Waals surface area contributed by atoms with E-state index in [0.29, 0.717) is 6.42 Å². The molecule has 4 atom stereocenters. The maximum Gasteiger partial charge on any atom is 0.318 e. The molecule has 0 N–H and O–H groups in total. The van der Waals surface area contributed by atoms with Crippen molar-refractivity contribution in [3.8, 4) is 0 Å². The summed E-state index contributed by atoms with van der Waals surface area (Å²) in [5.41, 5.74) is 0. The number of carbonyl (C=O) groups is 2. The number of ether oxygens (including phenoxy) is 1. The summed E-state index contributed by atoms with van der Waals surface area (Å²) in [6.07, 6.45) is 5.15. The predicted octanol–water partition coefficient (Wildman–Crippen LogP) is 0.898. The smallest absolute Gasteiger partial charge is 0.318 e. The second-order valence-electron chi connectivity index (χ2n) is 3.88. The van der Waals surface area contributed by atoms with E-state index < -0.39 is 23.8 Å². The lowest BCUT2D eigenvalue weighted by atomic mass is 9.63. The number of hydrogen-bond acceptors (Lipinski definition) is 3. The molecule has 68 valence electrons. The first-order valence-corrected chi connectivity index (χ1v) is 4.57. The van der Waals surface area contributed by atoms with Crippen molar-refractivity contribution in [1.82, 2.24) is 0 Å². The zero-order valence-corrected chi connectivity index (χ0v) is 7.03. The normalized spacial score (nSPS) is 53.2. The van der Waals surface area contributed by atoms with Crippen molar-refractivity contribution in [2.75, 3.05) is 0 Å². The summed E-state index contributed by atoms with van der Waals surface area (Å²) in [5, 5.41) is 0. The second kappa shape index (κ2) is 2.22. The van der Waals surface area contributed by atoms with Crippen LogP contribution in [0.2, 0.25) is 0 Å². The van der Waals surface area contributed by atoms with Crippen LogP contribution in [-0.2, 0) is 14.3 Å². The third-order valence-electron chi connectivity index (χ3n) is 3.27. The molecule has 2 fully saturated rings. The standard InChI is InChI=1S/C10H10O3/c11-9-7-5-1-2-6(4-3-5)8(7)10(12)13-9/h1-2,5-8H,3-4H2/t5-,6+,7-,8+/i5D/m0/s1. The van der Waals surface area contributed by atoms with Crippen LogP contribution in [0.5, 0.6) is 0 Å². The minimum Gasteiger partial charge on any atom is -0.393 e. The fourth-order valence-corrected chi connectivity index (χ4v) is 2.64. The molecule has 4 rings (SSSR count). The van der Waals surface area contributed by atoms with Gasteiger partial charge in [0, 0.05) is 1.37 Å². The number of fused-ring (bicyclic) bond motifs is 1. The minimum atomic E-state index is -0.886. The fourth-order valence-electron chi connectivity index (χ4n) is 2.64. The molecule has 13 heavy (non-hydrogen) atoms. The van der Waals surface area contributed by atoms with Crippen LogP contribution in [0, 0.1) is 23.6 Å². The van der Waals surface area contributed by atoms with E-state index in [2.05, 4.69) is 4.74 Å². The Kier molecular flexibility index (Phi) is 1.08. The van der Waals surface area contributed by atoms with Gasteiger partial charge in [-0.1, -0.05) is 12.2 Å².